The highest BCUT2D eigenvalue weighted by Crippen LogP contribution is 2.20. The van der Waals surface area contributed by atoms with E-state index in [4.69, 9.17) is 0 Å². The molecule has 0 fully saturated rings. The van der Waals surface area contributed by atoms with E-state index in [1.807, 2.05) is 18.7 Å². The fraction of sp³-hybridized carbons (Fsp3) is 0.857. The summed E-state index contributed by atoms with van der Waals surface area (Å²) in [5.74, 6) is 0. The third-order valence-electron chi connectivity index (χ3n) is 2.57. The van der Waals surface area contributed by atoms with Crippen LogP contribution in [0.5, 0.6) is 0 Å². The summed E-state index contributed by atoms with van der Waals surface area (Å²) < 4.78 is 0. The summed E-state index contributed by atoms with van der Waals surface area (Å²) >= 11 is 1.81. The number of rotatable bonds is 9. The second kappa shape index (κ2) is 9.12. The Labute approximate surface area is 106 Å². The van der Waals surface area contributed by atoms with Crippen molar-refractivity contribution in [2.24, 2.45) is 0 Å². The van der Waals surface area contributed by atoms with Crippen molar-refractivity contribution >= 4 is 11.8 Å². The van der Waals surface area contributed by atoms with Crippen LogP contribution in [-0.4, -0.2) is 16.0 Å². The van der Waals surface area contributed by atoms with Gasteiger partial charge in [-0.2, -0.15) is 0 Å². The van der Waals surface area contributed by atoms with E-state index in [9.17, 15) is 5.11 Å². The molecule has 0 aliphatic carbocycles. The van der Waals surface area contributed by atoms with Crippen LogP contribution in [0.3, 0.4) is 0 Å². The third-order valence-corrected chi connectivity index (χ3v) is 3.47. The predicted molar refractivity (Wildman–Crippen MR) is 75.9 cm³/mol. The largest absolute Gasteiger partial charge is 0.390 e. The zero-order valence-corrected chi connectivity index (χ0v) is 12.1. The Hall–Kier alpha value is 0.0500. The van der Waals surface area contributed by atoms with Crippen LogP contribution in [0.25, 0.3) is 0 Å². The molecule has 1 nitrogen and oxygen atoms in total. The van der Waals surface area contributed by atoms with Crippen molar-refractivity contribution < 1.29 is 5.11 Å². The van der Waals surface area contributed by atoms with Gasteiger partial charge in [0.1, 0.15) is 0 Å². The van der Waals surface area contributed by atoms with Gasteiger partial charge in [-0.25, -0.2) is 0 Å². The highest BCUT2D eigenvalue weighted by Gasteiger charge is 2.17. The smallest absolute Gasteiger partial charge is 0.0654 e. The second-order valence-electron chi connectivity index (χ2n) is 5.07. The van der Waals surface area contributed by atoms with Crippen molar-refractivity contribution in [3.8, 4) is 0 Å². The molecular weight excluding hydrogens is 216 g/mol. The average Bonchev–Trinajstić information content (AvgIpc) is 2.19. The maximum atomic E-state index is 10.1. The van der Waals surface area contributed by atoms with E-state index in [1.54, 1.807) is 0 Å². The summed E-state index contributed by atoms with van der Waals surface area (Å²) in [6, 6.07) is 0. The maximum absolute atomic E-state index is 10.1. The zero-order valence-electron chi connectivity index (χ0n) is 11.3. The topological polar surface area (TPSA) is 20.2 Å². The van der Waals surface area contributed by atoms with Gasteiger partial charge in [-0.15, -0.1) is 11.8 Å². The second-order valence-corrected chi connectivity index (χ2v) is 6.56. The number of thioether (sulfide) groups is 1. The summed E-state index contributed by atoms with van der Waals surface area (Å²) in [5, 5.41) is 12.9. The lowest BCUT2D eigenvalue weighted by Crippen LogP contribution is -2.22. The van der Waals surface area contributed by atoms with Crippen LogP contribution in [0.2, 0.25) is 0 Å². The standard InChI is InChI=1S/C14H28OS/c1-5-6-7-8-10-14(4,15)11-9-12-16-13(2)3/h9,12-13,15H,5-8,10-11H2,1-4H3. The van der Waals surface area contributed by atoms with E-state index in [0.29, 0.717) is 5.25 Å². The molecule has 2 heteroatoms. The van der Waals surface area contributed by atoms with Crippen LogP contribution in [0.4, 0.5) is 0 Å². The molecule has 0 aliphatic heterocycles. The number of hydrogen-bond donors (Lipinski definition) is 1. The molecule has 0 heterocycles. The molecule has 1 unspecified atom stereocenters. The van der Waals surface area contributed by atoms with Crippen molar-refractivity contribution in [1.82, 2.24) is 0 Å². The Morgan fingerprint density at radius 2 is 1.94 bits per heavy atom. The van der Waals surface area contributed by atoms with Crippen LogP contribution >= 0.6 is 11.8 Å². The Bertz CT molecular complexity index is 185. The van der Waals surface area contributed by atoms with E-state index < -0.39 is 5.60 Å². The maximum Gasteiger partial charge on any atom is 0.0654 e. The Balaban J connectivity index is 3.64. The van der Waals surface area contributed by atoms with Gasteiger partial charge in [0.2, 0.25) is 0 Å². The van der Waals surface area contributed by atoms with Crippen LogP contribution in [0.15, 0.2) is 11.5 Å². The average molecular weight is 244 g/mol. The normalized spacial score (nSPS) is 15.9. The lowest BCUT2D eigenvalue weighted by molar-refractivity contribution is 0.0512. The van der Waals surface area contributed by atoms with Gasteiger partial charge in [0.15, 0.2) is 0 Å². The molecule has 0 aromatic heterocycles. The molecule has 96 valence electrons. The minimum Gasteiger partial charge on any atom is -0.390 e. The fourth-order valence-corrected chi connectivity index (χ4v) is 2.07. The molecule has 0 saturated heterocycles. The minimum absolute atomic E-state index is 0.512. The summed E-state index contributed by atoms with van der Waals surface area (Å²) in [5.41, 5.74) is -0.512. The van der Waals surface area contributed by atoms with Crippen LogP contribution in [0, 0.1) is 0 Å². The molecular formula is C14H28OS. The summed E-state index contributed by atoms with van der Waals surface area (Å²) in [6.07, 6.45) is 8.73. The zero-order chi connectivity index (χ0) is 12.4. The van der Waals surface area contributed by atoms with Gasteiger partial charge < -0.3 is 5.11 Å². The third kappa shape index (κ3) is 10.6. The lowest BCUT2D eigenvalue weighted by Gasteiger charge is -2.21. The molecule has 0 aromatic rings. The first-order valence-corrected chi connectivity index (χ1v) is 7.45. The summed E-state index contributed by atoms with van der Waals surface area (Å²) in [7, 11) is 0. The van der Waals surface area contributed by atoms with E-state index >= 15 is 0 Å². The predicted octanol–water partition coefficient (Wildman–Crippen LogP) is 4.75. The molecule has 0 aromatic carbocycles. The van der Waals surface area contributed by atoms with Crippen molar-refractivity contribution in [1.29, 1.82) is 0 Å². The highest BCUT2D eigenvalue weighted by atomic mass is 32.2. The summed E-state index contributed by atoms with van der Waals surface area (Å²) in [6.45, 7) is 8.52. The quantitative estimate of drug-likeness (QED) is 0.590. The van der Waals surface area contributed by atoms with Crippen LogP contribution in [0.1, 0.15) is 66.2 Å². The van der Waals surface area contributed by atoms with E-state index in [-0.39, 0.29) is 0 Å². The first-order chi connectivity index (χ1) is 7.48. The van der Waals surface area contributed by atoms with E-state index in [0.717, 1.165) is 19.3 Å². The molecule has 0 amide bonds. The molecule has 0 saturated carbocycles. The molecule has 0 rings (SSSR count). The monoisotopic (exact) mass is 244 g/mol. The fourth-order valence-electron chi connectivity index (χ4n) is 1.55. The van der Waals surface area contributed by atoms with Crippen LogP contribution in [-0.2, 0) is 0 Å². The molecule has 16 heavy (non-hydrogen) atoms. The first-order valence-electron chi connectivity index (χ1n) is 6.51. The van der Waals surface area contributed by atoms with E-state index in [1.165, 1.54) is 19.3 Å². The molecule has 1 atom stereocenters. The van der Waals surface area contributed by atoms with Crippen molar-refractivity contribution in [2.45, 2.75) is 77.1 Å². The molecule has 0 radical (unpaired) electrons. The summed E-state index contributed by atoms with van der Waals surface area (Å²) in [4.78, 5) is 0. The Morgan fingerprint density at radius 3 is 2.50 bits per heavy atom. The van der Waals surface area contributed by atoms with Gasteiger partial charge in [-0.3, -0.25) is 0 Å². The molecule has 1 N–H and O–H groups in total. The SMILES string of the molecule is CCCCCCC(C)(O)CC=CSC(C)C. The van der Waals surface area contributed by atoms with Gasteiger partial charge in [0.05, 0.1) is 5.60 Å². The van der Waals surface area contributed by atoms with Gasteiger partial charge in [0, 0.05) is 5.25 Å². The number of unbranched alkanes of at least 4 members (excludes halogenated alkanes) is 3. The van der Waals surface area contributed by atoms with Crippen molar-refractivity contribution in [3.63, 3.8) is 0 Å². The Kier molecular flexibility index (Phi) is 9.15. The lowest BCUT2D eigenvalue weighted by atomic mass is 9.95. The minimum atomic E-state index is -0.512. The molecule has 0 aliphatic rings. The van der Waals surface area contributed by atoms with Gasteiger partial charge in [-0.05, 0) is 25.2 Å². The number of aliphatic hydroxyl groups is 1. The van der Waals surface area contributed by atoms with Gasteiger partial charge in [-0.1, -0.05) is 52.5 Å². The Morgan fingerprint density at radius 1 is 1.25 bits per heavy atom. The van der Waals surface area contributed by atoms with Crippen molar-refractivity contribution in [2.75, 3.05) is 0 Å². The van der Waals surface area contributed by atoms with Crippen LogP contribution < -0.4 is 0 Å². The first kappa shape index (κ1) is 16.1. The van der Waals surface area contributed by atoms with E-state index in [2.05, 4.69) is 32.3 Å². The molecule has 0 spiro atoms. The van der Waals surface area contributed by atoms with Crippen molar-refractivity contribution in [3.05, 3.63) is 11.5 Å². The number of hydrogen-bond acceptors (Lipinski definition) is 2. The highest BCUT2D eigenvalue weighted by molar-refractivity contribution is 8.02. The van der Waals surface area contributed by atoms with Gasteiger partial charge in [0.25, 0.3) is 0 Å². The molecule has 0 bridgehead atoms. The van der Waals surface area contributed by atoms with Gasteiger partial charge >= 0.3 is 0 Å².